The second-order valence-electron chi connectivity index (χ2n) is 5.57. The molecule has 1 aliphatic heterocycles. The lowest BCUT2D eigenvalue weighted by Gasteiger charge is -2.10. The van der Waals surface area contributed by atoms with E-state index in [2.05, 4.69) is 10.6 Å². The van der Waals surface area contributed by atoms with Crippen LogP contribution in [0.2, 0.25) is 5.02 Å². The number of halogens is 1. The van der Waals surface area contributed by atoms with Crippen molar-refractivity contribution in [3.05, 3.63) is 64.7 Å². The van der Waals surface area contributed by atoms with Gasteiger partial charge in [0.2, 0.25) is 11.8 Å². The molecule has 1 heterocycles. The topological polar surface area (TPSA) is 58.2 Å². The van der Waals surface area contributed by atoms with Crippen LogP contribution in [0.5, 0.6) is 0 Å². The van der Waals surface area contributed by atoms with Crippen LogP contribution in [0.4, 0.5) is 5.69 Å². The maximum atomic E-state index is 12.0. The van der Waals surface area contributed by atoms with Crippen LogP contribution in [0.15, 0.2) is 48.5 Å². The summed E-state index contributed by atoms with van der Waals surface area (Å²) in [4.78, 5) is 24.0. The summed E-state index contributed by atoms with van der Waals surface area (Å²) in [5, 5.41) is 6.35. The van der Waals surface area contributed by atoms with Crippen molar-refractivity contribution < 1.29 is 9.59 Å². The minimum Gasteiger partial charge on any atom is -0.356 e. The summed E-state index contributed by atoms with van der Waals surface area (Å²) < 4.78 is 0. The first kappa shape index (κ1) is 15.6. The van der Waals surface area contributed by atoms with Crippen LogP contribution in [0, 0.1) is 0 Å². The summed E-state index contributed by atoms with van der Waals surface area (Å²) >= 11 is 5.91. The quantitative estimate of drug-likeness (QED) is 0.886. The highest BCUT2D eigenvalue weighted by Gasteiger charge is 2.29. The highest BCUT2D eigenvalue weighted by atomic mass is 35.5. The lowest BCUT2D eigenvalue weighted by molar-refractivity contribution is -0.121. The van der Waals surface area contributed by atoms with E-state index in [-0.39, 0.29) is 24.2 Å². The molecular weight excluding hydrogens is 312 g/mol. The Morgan fingerprint density at radius 1 is 1.17 bits per heavy atom. The molecule has 4 nitrogen and oxygen atoms in total. The first-order valence-corrected chi connectivity index (χ1v) is 7.92. The molecule has 0 bridgehead atoms. The number of carbonyl (C=O) groups is 2. The minimum atomic E-state index is -0.197. The molecule has 0 saturated heterocycles. The van der Waals surface area contributed by atoms with Gasteiger partial charge in [0.05, 0.1) is 12.3 Å². The summed E-state index contributed by atoms with van der Waals surface area (Å²) in [5.41, 5.74) is 2.74. The zero-order valence-electron chi connectivity index (χ0n) is 12.5. The number of nitrogens with one attached hydrogen (secondary N) is 2. The largest absolute Gasteiger partial charge is 0.356 e. The second kappa shape index (κ2) is 6.84. The normalized spacial score (nSPS) is 15.9. The molecule has 0 aliphatic carbocycles. The number of hydrogen-bond acceptors (Lipinski definition) is 2. The number of amides is 2. The van der Waals surface area contributed by atoms with Crippen LogP contribution in [-0.2, 0) is 16.0 Å². The zero-order valence-corrected chi connectivity index (χ0v) is 13.3. The molecule has 0 fully saturated rings. The molecule has 118 valence electrons. The van der Waals surface area contributed by atoms with Crippen LogP contribution >= 0.6 is 11.6 Å². The van der Waals surface area contributed by atoms with Gasteiger partial charge in [0, 0.05) is 17.3 Å². The fraction of sp³-hybridized carbons (Fsp3) is 0.222. The van der Waals surface area contributed by atoms with Gasteiger partial charge in [0.25, 0.3) is 0 Å². The summed E-state index contributed by atoms with van der Waals surface area (Å²) in [5.74, 6) is -0.271. The smallest absolute Gasteiger partial charge is 0.232 e. The second-order valence-corrected chi connectivity index (χ2v) is 6.01. The molecule has 0 aromatic heterocycles. The summed E-state index contributed by atoms with van der Waals surface area (Å²) in [6.07, 6.45) is 0.873. The van der Waals surface area contributed by atoms with Crippen molar-refractivity contribution in [3.8, 4) is 0 Å². The Kier molecular flexibility index (Phi) is 4.63. The van der Waals surface area contributed by atoms with E-state index in [9.17, 15) is 9.59 Å². The molecule has 2 aromatic rings. The number of anilines is 1. The lowest BCUT2D eigenvalue weighted by Crippen LogP contribution is -2.28. The van der Waals surface area contributed by atoms with Crippen molar-refractivity contribution in [1.29, 1.82) is 0 Å². The van der Waals surface area contributed by atoms with E-state index in [0.29, 0.717) is 18.0 Å². The molecule has 1 atom stereocenters. The third kappa shape index (κ3) is 3.71. The first-order chi connectivity index (χ1) is 11.1. The van der Waals surface area contributed by atoms with E-state index in [1.165, 1.54) is 0 Å². The van der Waals surface area contributed by atoms with Gasteiger partial charge in [-0.25, -0.2) is 0 Å². The molecule has 0 saturated carbocycles. The van der Waals surface area contributed by atoms with Gasteiger partial charge >= 0.3 is 0 Å². The third-order valence-corrected chi connectivity index (χ3v) is 4.15. The summed E-state index contributed by atoms with van der Waals surface area (Å²) in [7, 11) is 0. The van der Waals surface area contributed by atoms with E-state index < -0.39 is 0 Å². The molecule has 0 radical (unpaired) electrons. The van der Waals surface area contributed by atoms with Crippen molar-refractivity contribution in [2.45, 2.75) is 18.8 Å². The number of carbonyl (C=O) groups excluding carboxylic acids is 2. The number of para-hydroxylation sites is 1. The fourth-order valence-corrected chi connectivity index (χ4v) is 3.03. The van der Waals surface area contributed by atoms with Gasteiger partial charge in [-0.3, -0.25) is 9.59 Å². The highest BCUT2D eigenvalue weighted by molar-refractivity contribution is 6.30. The number of hydrogen-bond donors (Lipinski definition) is 2. The van der Waals surface area contributed by atoms with Crippen LogP contribution in [-0.4, -0.2) is 18.4 Å². The SMILES string of the molecule is O=C(Cc1cccc(Cl)c1)NCCC1C(=O)Nc2ccccc21. The van der Waals surface area contributed by atoms with E-state index in [1.54, 1.807) is 12.1 Å². The molecule has 2 amide bonds. The number of benzene rings is 2. The summed E-state index contributed by atoms with van der Waals surface area (Å²) in [6, 6.07) is 14.9. The molecule has 0 spiro atoms. The van der Waals surface area contributed by atoms with Gasteiger partial charge < -0.3 is 10.6 Å². The molecule has 3 rings (SSSR count). The monoisotopic (exact) mass is 328 g/mol. The van der Waals surface area contributed by atoms with Gasteiger partial charge in [-0.2, -0.15) is 0 Å². The Labute approximate surface area is 139 Å². The standard InChI is InChI=1S/C18H17ClN2O2/c19-13-5-3-4-12(10-13)11-17(22)20-9-8-15-14-6-1-2-7-16(14)21-18(15)23/h1-7,10,15H,8-9,11H2,(H,20,22)(H,21,23). The predicted molar refractivity (Wildman–Crippen MR) is 90.6 cm³/mol. The minimum absolute atomic E-state index is 0.00436. The van der Waals surface area contributed by atoms with Crippen LogP contribution in [0.25, 0.3) is 0 Å². The van der Waals surface area contributed by atoms with Gasteiger partial charge in [0.1, 0.15) is 0 Å². The Morgan fingerprint density at radius 2 is 2.00 bits per heavy atom. The van der Waals surface area contributed by atoms with Gasteiger partial charge in [-0.1, -0.05) is 41.9 Å². The van der Waals surface area contributed by atoms with E-state index >= 15 is 0 Å². The molecule has 2 aromatic carbocycles. The zero-order chi connectivity index (χ0) is 16.2. The number of rotatable bonds is 5. The molecule has 2 N–H and O–H groups in total. The maximum absolute atomic E-state index is 12.0. The Hall–Kier alpha value is -2.33. The van der Waals surface area contributed by atoms with Crippen molar-refractivity contribution >= 4 is 29.1 Å². The molecule has 23 heavy (non-hydrogen) atoms. The lowest BCUT2D eigenvalue weighted by atomic mass is 9.97. The van der Waals surface area contributed by atoms with Gasteiger partial charge in [0.15, 0.2) is 0 Å². The molecule has 1 aliphatic rings. The summed E-state index contributed by atoms with van der Waals surface area (Å²) in [6.45, 7) is 0.464. The molecular formula is C18H17ClN2O2. The van der Waals surface area contributed by atoms with Crippen molar-refractivity contribution in [1.82, 2.24) is 5.32 Å². The van der Waals surface area contributed by atoms with Crippen molar-refractivity contribution in [2.75, 3.05) is 11.9 Å². The van der Waals surface area contributed by atoms with Crippen LogP contribution < -0.4 is 10.6 Å². The third-order valence-electron chi connectivity index (χ3n) is 3.92. The van der Waals surface area contributed by atoms with E-state index in [0.717, 1.165) is 16.8 Å². The average Bonchev–Trinajstić information content (AvgIpc) is 2.83. The van der Waals surface area contributed by atoms with E-state index in [4.69, 9.17) is 11.6 Å². The van der Waals surface area contributed by atoms with E-state index in [1.807, 2.05) is 36.4 Å². The van der Waals surface area contributed by atoms with Crippen molar-refractivity contribution in [3.63, 3.8) is 0 Å². The maximum Gasteiger partial charge on any atom is 0.232 e. The Morgan fingerprint density at radius 3 is 2.83 bits per heavy atom. The van der Waals surface area contributed by atoms with Gasteiger partial charge in [-0.05, 0) is 35.7 Å². The molecule has 5 heteroatoms. The fourth-order valence-electron chi connectivity index (χ4n) is 2.81. The van der Waals surface area contributed by atoms with Crippen LogP contribution in [0.1, 0.15) is 23.5 Å². The van der Waals surface area contributed by atoms with Gasteiger partial charge in [-0.15, -0.1) is 0 Å². The molecule has 1 unspecified atom stereocenters. The van der Waals surface area contributed by atoms with Crippen LogP contribution in [0.3, 0.4) is 0 Å². The van der Waals surface area contributed by atoms with Crippen molar-refractivity contribution in [2.24, 2.45) is 0 Å². The highest BCUT2D eigenvalue weighted by Crippen LogP contribution is 2.33. The predicted octanol–water partition coefficient (Wildman–Crippen LogP) is 3.12. The average molecular weight is 329 g/mol. The number of fused-ring (bicyclic) bond motifs is 1. The first-order valence-electron chi connectivity index (χ1n) is 7.54. The Bertz CT molecular complexity index is 745. The Balaban J connectivity index is 1.52.